The summed E-state index contributed by atoms with van der Waals surface area (Å²) in [5.74, 6) is 0. The van der Waals surface area contributed by atoms with Gasteiger partial charge in [0.25, 0.3) is 0 Å². The topological polar surface area (TPSA) is 0 Å². The number of unbranched alkanes of at least 4 members (excludes halogenated alkanes) is 15. The van der Waals surface area contributed by atoms with Crippen LogP contribution in [0.15, 0.2) is 0 Å². The molecule has 0 N–H and O–H groups in total. The molecular formula is C27H58N+. The van der Waals surface area contributed by atoms with Gasteiger partial charge in [-0.05, 0) is 51.4 Å². The average molecular weight is 397 g/mol. The van der Waals surface area contributed by atoms with E-state index in [4.69, 9.17) is 0 Å². The van der Waals surface area contributed by atoms with Crippen LogP contribution in [-0.2, 0) is 0 Å². The SMILES string of the molecule is CCCCCCCCCCCC[N+](CCCCC)(CCCCC)CCCCC. The van der Waals surface area contributed by atoms with Crippen molar-refractivity contribution in [3.63, 3.8) is 0 Å². The lowest BCUT2D eigenvalue weighted by Gasteiger charge is -2.39. The van der Waals surface area contributed by atoms with Crippen molar-refractivity contribution in [3.05, 3.63) is 0 Å². The van der Waals surface area contributed by atoms with Gasteiger partial charge in [0.2, 0.25) is 0 Å². The largest absolute Gasteiger partial charge is 0.324 e. The highest BCUT2D eigenvalue weighted by Crippen LogP contribution is 2.19. The van der Waals surface area contributed by atoms with E-state index in [-0.39, 0.29) is 0 Å². The highest BCUT2D eigenvalue weighted by atomic mass is 15.3. The number of rotatable bonds is 23. The quantitative estimate of drug-likeness (QED) is 0.119. The Morgan fingerprint density at radius 1 is 0.286 bits per heavy atom. The Balaban J connectivity index is 4.26. The summed E-state index contributed by atoms with van der Waals surface area (Å²) in [6.07, 6.45) is 27.3. The van der Waals surface area contributed by atoms with Crippen molar-refractivity contribution in [2.45, 2.75) is 150 Å². The zero-order valence-corrected chi connectivity index (χ0v) is 20.7. The molecule has 0 atom stereocenters. The monoisotopic (exact) mass is 396 g/mol. The van der Waals surface area contributed by atoms with Gasteiger partial charge in [0.15, 0.2) is 0 Å². The highest BCUT2D eigenvalue weighted by molar-refractivity contribution is 4.53. The van der Waals surface area contributed by atoms with Crippen LogP contribution in [0.2, 0.25) is 0 Å². The van der Waals surface area contributed by atoms with E-state index >= 15 is 0 Å². The number of nitrogens with zero attached hydrogens (tertiary/aromatic N) is 1. The molecule has 0 saturated carbocycles. The fraction of sp³-hybridized carbons (Fsp3) is 1.00. The number of quaternary nitrogens is 1. The number of hydrogen-bond donors (Lipinski definition) is 0. The van der Waals surface area contributed by atoms with Crippen molar-refractivity contribution in [2.24, 2.45) is 0 Å². The molecule has 0 saturated heterocycles. The van der Waals surface area contributed by atoms with Crippen LogP contribution in [0.4, 0.5) is 0 Å². The van der Waals surface area contributed by atoms with Crippen LogP contribution >= 0.6 is 0 Å². The van der Waals surface area contributed by atoms with E-state index in [0.29, 0.717) is 0 Å². The van der Waals surface area contributed by atoms with Crippen molar-refractivity contribution in [3.8, 4) is 0 Å². The zero-order chi connectivity index (χ0) is 20.8. The van der Waals surface area contributed by atoms with Crippen LogP contribution in [0.5, 0.6) is 0 Å². The molecular weight excluding hydrogens is 338 g/mol. The van der Waals surface area contributed by atoms with Crippen LogP contribution in [0.1, 0.15) is 150 Å². The van der Waals surface area contributed by atoms with Gasteiger partial charge < -0.3 is 4.48 Å². The Morgan fingerprint density at radius 3 is 0.821 bits per heavy atom. The maximum Gasteiger partial charge on any atom is 0.0786 e. The molecule has 1 heteroatoms. The van der Waals surface area contributed by atoms with Gasteiger partial charge in [-0.3, -0.25) is 0 Å². The van der Waals surface area contributed by atoms with Gasteiger partial charge in [-0.2, -0.15) is 0 Å². The maximum atomic E-state index is 2.35. The summed E-state index contributed by atoms with van der Waals surface area (Å²) >= 11 is 0. The predicted molar refractivity (Wildman–Crippen MR) is 130 cm³/mol. The van der Waals surface area contributed by atoms with Gasteiger partial charge in [0.05, 0.1) is 26.2 Å². The summed E-state index contributed by atoms with van der Waals surface area (Å²) in [6.45, 7) is 15.2. The van der Waals surface area contributed by atoms with Crippen LogP contribution in [-0.4, -0.2) is 30.7 Å². The molecule has 0 amide bonds. The Hall–Kier alpha value is -0.0400. The smallest absolute Gasteiger partial charge is 0.0786 e. The van der Waals surface area contributed by atoms with Gasteiger partial charge in [-0.25, -0.2) is 0 Å². The van der Waals surface area contributed by atoms with Gasteiger partial charge in [-0.1, -0.05) is 98.3 Å². The molecule has 0 bridgehead atoms. The molecule has 0 fully saturated rings. The third-order valence-corrected chi connectivity index (χ3v) is 6.69. The minimum absolute atomic E-state index is 1.36. The van der Waals surface area contributed by atoms with Crippen molar-refractivity contribution >= 4 is 0 Å². The Morgan fingerprint density at radius 2 is 0.500 bits per heavy atom. The standard InChI is InChI=1S/C27H58N/c1-5-9-13-14-15-16-17-18-19-23-27-28(24-20-10-6-2,25-21-11-7-3)26-22-12-8-4/h5-27H2,1-4H3/q+1. The van der Waals surface area contributed by atoms with E-state index in [1.807, 2.05) is 0 Å². The third kappa shape index (κ3) is 16.9. The maximum absolute atomic E-state index is 2.35. The molecule has 0 aromatic rings. The normalized spacial score (nSPS) is 12.0. The summed E-state index contributed by atoms with van der Waals surface area (Å²) in [6, 6.07) is 0. The van der Waals surface area contributed by atoms with E-state index < -0.39 is 0 Å². The molecule has 0 rings (SSSR count). The first-order chi connectivity index (χ1) is 13.7. The molecule has 0 aliphatic rings. The van der Waals surface area contributed by atoms with Crippen LogP contribution < -0.4 is 0 Å². The lowest BCUT2D eigenvalue weighted by Crippen LogP contribution is -2.50. The molecule has 0 heterocycles. The molecule has 0 aliphatic carbocycles. The molecule has 0 unspecified atom stereocenters. The first kappa shape index (κ1) is 28.0. The second-order valence-corrected chi connectivity index (χ2v) is 9.54. The summed E-state index contributed by atoms with van der Waals surface area (Å²) in [5.41, 5.74) is 0. The van der Waals surface area contributed by atoms with E-state index in [2.05, 4.69) is 27.7 Å². The molecule has 0 aliphatic heterocycles. The van der Waals surface area contributed by atoms with Crippen LogP contribution in [0, 0.1) is 0 Å². The number of hydrogen-bond acceptors (Lipinski definition) is 0. The molecule has 1 nitrogen and oxygen atoms in total. The van der Waals surface area contributed by atoms with E-state index in [1.54, 1.807) is 0 Å². The minimum atomic E-state index is 1.36. The minimum Gasteiger partial charge on any atom is -0.324 e. The van der Waals surface area contributed by atoms with Gasteiger partial charge in [-0.15, -0.1) is 0 Å². The van der Waals surface area contributed by atoms with Crippen molar-refractivity contribution < 1.29 is 4.48 Å². The lowest BCUT2D eigenvalue weighted by molar-refractivity contribution is -0.929. The first-order valence-electron chi connectivity index (χ1n) is 13.6. The van der Waals surface area contributed by atoms with E-state index in [9.17, 15) is 0 Å². The fourth-order valence-corrected chi connectivity index (χ4v) is 4.70. The van der Waals surface area contributed by atoms with Crippen molar-refractivity contribution in [2.75, 3.05) is 26.2 Å². The molecule has 170 valence electrons. The summed E-state index contributed by atoms with van der Waals surface area (Å²) < 4.78 is 1.46. The molecule has 0 radical (unpaired) electrons. The third-order valence-electron chi connectivity index (χ3n) is 6.69. The summed E-state index contributed by atoms with van der Waals surface area (Å²) in [5, 5.41) is 0. The molecule has 0 aromatic carbocycles. The lowest BCUT2D eigenvalue weighted by atomic mass is 10.1. The van der Waals surface area contributed by atoms with E-state index in [0.717, 1.165) is 0 Å². The second kappa shape index (κ2) is 21.7. The van der Waals surface area contributed by atoms with E-state index in [1.165, 1.54) is 153 Å². The Labute approximate surface area is 180 Å². The Kier molecular flexibility index (Phi) is 21.6. The average Bonchev–Trinajstić information content (AvgIpc) is 2.70. The molecule has 28 heavy (non-hydrogen) atoms. The van der Waals surface area contributed by atoms with Crippen LogP contribution in [0.3, 0.4) is 0 Å². The molecule has 0 aromatic heterocycles. The summed E-state index contributed by atoms with van der Waals surface area (Å²) in [4.78, 5) is 0. The first-order valence-corrected chi connectivity index (χ1v) is 13.6. The molecule has 0 spiro atoms. The zero-order valence-electron chi connectivity index (χ0n) is 20.7. The van der Waals surface area contributed by atoms with Crippen molar-refractivity contribution in [1.82, 2.24) is 0 Å². The van der Waals surface area contributed by atoms with Crippen molar-refractivity contribution in [1.29, 1.82) is 0 Å². The fourth-order valence-electron chi connectivity index (χ4n) is 4.70. The predicted octanol–water partition coefficient (Wildman–Crippen LogP) is 9.29. The Bertz CT molecular complexity index is 259. The van der Waals surface area contributed by atoms with Crippen LogP contribution in [0.25, 0.3) is 0 Å². The second-order valence-electron chi connectivity index (χ2n) is 9.54. The van der Waals surface area contributed by atoms with Gasteiger partial charge >= 0.3 is 0 Å². The van der Waals surface area contributed by atoms with Gasteiger partial charge in [0.1, 0.15) is 0 Å². The van der Waals surface area contributed by atoms with Gasteiger partial charge in [0, 0.05) is 0 Å². The highest BCUT2D eigenvalue weighted by Gasteiger charge is 2.25. The summed E-state index contributed by atoms with van der Waals surface area (Å²) in [7, 11) is 0.